The normalized spacial score (nSPS) is 12.5. The van der Waals surface area contributed by atoms with Crippen LogP contribution in [-0.4, -0.2) is 19.1 Å². The third-order valence-corrected chi connectivity index (χ3v) is 4.30. The fourth-order valence-corrected chi connectivity index (χ4v) is 3.24. The SMILES string of the molecule is CNC(c1cnc2ccsc2c1)c1cc(F)ccc1OC. The average Bonchev–Trinajstić information content (AvgIpc) is 2.96. The van der Waals surface area contributed by atoms with E-state index in [-0.39, 0.29) is 11.9 Å². The van der Waals surface area contributed by atoms with E-state index in [2.05, 4.69) is 16.4 Å². The van der Waals surface area contributed by atoms with Gasteiger partial charge in [-0.25, -0.2) is 4.39 Å². The van der Waals surface area contributed by atoms with E-state index in [1.165, 1.54) is 12.1 Å². The molecule has 0 spiro atoms. The summed E-state index contributed by atoms with van der Waals surface area (Å²) in [6.07, 6.45) is 1.82. The summed E-state index contributed by atoms with van der Waals surface area (Å²) < 4.78 is 20.1. The van der Waals surface area contributed by atoms with Gasteiger partial charge in [-0.05, 0) is 48.3 Å². The molecule has 3 rings (SSSR count). The van der Waals surface area contributed by atoms with Crippen molar-refractivity contribution < 1.29 is 9.13 Å². The quantitative estimate of drug-likeness (QED) is 0.797. The van der Waals surface area contributed by atoms with Crippen LogP contribution in [0.5, 0.6) is 5.75 Å². The van der Waals surface area contributed by atoms with E-state index in [0.29, 0.717) is 5.75 Å². The molecular weight excluding hydrogens is 287 g/mol. The topological polar surface area (TPSA) is 34.2 Å². The molecule has 21 heavy (non-hydrogen) atoms. The van der Waals surface area contributed by atoms with Crippen molar-refractivity contribution in [2.45, 2.75) is 6.04 Å². The molecule has 0 aliphatic heterocycles. The highest BCUT2D eigenvalue weighted by Gasteiger charge is 2.18. The van der Waals surface area contributed by atoms with E-state index in [0.717, 1.165) is 21.3 Å². The zero-order valence-electron chi connectivity index (χ0n) is 11.8. The van der Waals surface area contributed by atoms with E-state index in [9.17, 15) is 4.39 Å². The lowest BCUT2D eigenvalue weighted by Gasteiger charge is -2.19. The van der Waals surface area contributed by atoms with E-state index >= 15 is 0 Å². The van der Waals surface area contributed by atoms with Crippen LogP contribution in [0.3, 0.4) is 0 Å². The van der Waals surface area contributed by atoms with Crippen LogP contribution in [-0.2, 0) is 0 Å². The molecular formula is C16H15FN2OS. The zero-order valence-corrected chi connectivity index (χ0v) is 12.6. The molecule has 1 atom stereocenters. The third kappa shape index (κ3) is 2.62. The Labute approximate surface area is 126 Å². The Balaban J connectivity index is 2.10. The number of hydrogen-bond donors (Lipinski definition) is 1. The van der Waals surface area contributed by atoms with E-state index in [1.807, 2.05) is 24.7 Å². The summed E-state index contributed by atoms with van der Waals surface area (Å²) in [5, 5.41) is 5.22. The van der Waals surface area contributed by atoms with Gasteiger partial charge in [0.1, 0.15) is 11.6 Å². The number of methoxy groups -OCH3 is 1. The number of rotatable bonds is 4. The Kier molecular flexibility index (Phi) is 3.86. The van der Waals surface area contributed by atoms with Crippen molar-refractivity contribution in [3.63, 3.8) is 0 Å². The van der Waals surface area contributed by atoms with Crippen LogP contribution < -0.4 is 10.1 Å². The van der Waals surface area contributed by atoms with Crippen molar-refractivity contribution in [3.05, 3.63) is 58.9 Å². The molecule has 2 heterocycles. The second-order valence-electron chi connectivity index (χ2n) is 4.68. The third-order valence-electron chi connectivity index (χ3n) is 3.45. The Morgan fingerprint density at radius 2 is 2.14 bits per heavy atom. The van der Waals surface area contributed by atoms with Crippen LogP contribution in [0.2, 0.25) is 0 Å². The van der Waals surface area contributed by atoms with Gasteiger partial charge in [-0.3, -0.25) is 4.98 Å². The average molecular weight is 302 g/mol. The number of thiophene rings is 1. The van der Waals surface area contributed by atoms with Crippen molar-refractivity contribution in [2.75, 3.05) is 14.2 Å². The summed E-state index contributed by atoms with van der Waals surface area (Å²) >= 11 is 1.64. The maximum absolute atomic E-state index is 13.6. The first kappa shape index (κ1) is 14.0. The molecule has 0 aliphatic carbocycles. The number of aromatic nitrogens is 1. The lowest BCUT2D eigenvalue weighted by molar-refractivity contribution is 0.404. The number of nitrogens with one attached hydrogen (secondary N) is 1. The van der Waals surface area contributed by atoms with Crippen LogP contribution >= 0.6 is 11.3 Å². The molecule has 1 aromatic carbocycles. The summed E-state index contributed by atoms with van der Waals surface area (Å²) in [6.45, 7) is 0. The number of halogens is 1. The fraction of sp³-hybridized carbons (Fsp3) is 0.188. The summed E-state index contributed by atoms with van der Waals surface area (Å²) in [5.74, 6) is 0.373. The Bertz CT molecular complexity index is 772. The molecule has 0 amide bonds. The second-order valence-corrected chi connectivity index (χ2v) is 5.63. The second kappa shape index (κ2) is 5.79. The number of hydrogen-bond acceptors (Lipinski definition) is 4. The maximum atomic E-state index is 13.6. The fourth-order valence-electron chi connectivity index (χ4n) is 2.45. The van der Waals surface area contributed by atoms with Gasteiger partial charge >= 0.3 is 0 Å². The molecule has 0 saturated heterocycles. The van der Waals surface area contributed by atoms with Gasteiger partial charge in [-0.2, -0.15) is 0 Å². The molecule has 1 N–H and O–H groups in total. The van der Waals surface area contributed by atoms with Crippen molar-refractivity contribution in [1.29, 1.82) is 0 Å². The predicted molar refractivity (Wildman–Crippen MR) is 83.5 cm³/mol. The highest BCUT2D eigenvalue weighted by atomic mass is 32.1. The molecule has 1 unspecified atom stereocenters. The zero-order chi connectivity index (χ0) is 14.8. The number of ether oxygens (including phenoxy) is 1. The minimum Gasteiger partial charge on any atom is -0.496 e. The van der Waals surface area contributed by atoms with Crippen LogP contribution in [0.4, 0.5) is 4.39 Å². The monoisotopic (exact) mass is 302 g/mol. The van der Waals surface area contributed by atoms with Gasteiger partial charge in [0.15, 0.2) is 0 Å². The van der Waals surface area contributed by atoms with Gasteiger partial charge < -0.3 is 10.1 Å². The summed E-state index contributed by atoms with van der Waals surface area (Å²) in [4.78, 5) is 4.45. The number of benzene rings is 1. The minimum atomic E-state index is -0.281. The minimum absolute atomic E-state index is 0.172. The van der Waals surface area contributed by atoms with Gasteiger partial charge in [-0.15, -0.1) is 11.3 Å². The Morgan fingerprint density at radius 1 is 1.29 bits per heavy atom. The highest BCUT2D eigenvalue weighted by Crippen LogP contribution is 2.32. The molecule has 108 valence electrons. The molecule has 0 radical (unpaired) electrons. The number of fused-ring (bicyclic) bond motifs is 1. The van der Waals surface area contributed by atoms with Crippen molar-refractivity contribution in [2.24, 2.45) is 0 Å². The molecule has 3 aromatic rings. The van der Waals surface area contributed by atoms with Gasteiger partial charge in [0.05, 0.1) is 23.4 Å². The number of nitrogens with zero attached hydrogens (tertiary/aromatic N) is 1. The molecule has 3 nitrogen and oxygen atoms in total. The van der Waals surface area contributed by atoms with E-state index < -0.39 is 0 Å². The van der Waals surface area contributed by atoms with Crippen LogP contribution in [0.15, 0.2) is 41.9 Å². The van der Waals surface area contributed by atoms with Gasteiger partial charge in [0.25, 0.3) is 0 Å². The Hall–Kier alpha value is -1.98. The summed E-state index contributed by atoms with van der Waals surface area (Å²) in [5.41, 5.74) is 2.72. The largest absolute Gasteiger partial charge is 0.496 e. The van der Waals surface area contributed by atoms with Crippen LogP contribution in [0.1, 0.15) is 17.2 Å². The first-order valence-corrected chi connectivity index (χ1v) is 7.44. The van der Waals surface area contributed by atoms with E-state index in [1.54, 1.807) is 24.5 Å². The maximum Gasteiger partial charge on any atom is 0.124 e. The first-order valence-electron chi connectivity index (χ1n) is 6.57. The highest BCUT2D eigenvalue weighted by molar-refractivity contribution is 7.17. The predicted octanol–water partition coefficient (Wildman–Crippen LogP) is 3.75. The summed E-state index contributed by atoms with van der Waals surface area (Å²) in [6, 6.07) is 8.44. The molecule has 5 heteroatoms. The van der Waals surface area contributed by atoms with Gasteiger partial charge in [0.2, 0.25) is 0 Å². The van der Waals surface area contributed by atoms with Crippen LogP contribution in [0, 0.1) is 5.82 Å². The number of pyridine rings is 1. The molecule has 0 bridgehead atoms. The molecule has 0 fully saturated rings. The van der Waals surface area contributed by atoms with Crippen molar-refractivity contribution >= 4 is 21.6 Å². The molecule has 0 saturated carbocycles. The lowest BCUT2D eigenvalue weighted by atomic mass is 9.99. The Morgan fingerprint density at radius 3 is 2.90 bits per heavy atom. The van der Waals surface area contributed by atoms with Crippen molar-refractivity contribution in [1.82, 2.24) is 10.3 Å². The first-order chi connectivity index (χ1) is 10.2. The smallest absolute Gasteiger partial charge is 0.124 e. The van der Waals surface area contributed by atoms with Crippen molar-refractivity contribution in [3.8, 4) is 5.75 Å². The summed E-state index contributed by atoms with van der Waals surface area (Å²) in [7, 11) is 3.43. The van der Waals surface area contributed by atoms with Gasteiger partial charge in [-0.1, -0.05) is 0 Å². The molecule has 0 aliphatic rings. The lowest BCUT2D eigenvalue weighted by Crippen LogP contribution is -2.18. The molecule has 2 aromatic heterocycles. The van der Waals surface area contributed by atoms with Crippen LogP contribution in [0.25, 0.3) is 10.2 Å². The standard InChI is InChI=1S/C16H15FN2OS/c1-18-16(12-8-11(17)3-4-14(12)20-2)10-7-15-13(19-9-10)5-6-21-15/h3-9,16,18H,1-2H3. The van der Waals surface area contributed by atoms with Gasteiger partial charge in [0, 0.05) is 11.8 Å². The van der Waals surface area contributed by atoms with E-state index in [4.69, 9.17) is 4.74 Å².